The van der Waals surface area contributed by atoms with Crippen LogP contribution in [0.15, 0.2) is 28.7 Å². The monoisotopic (exact) mass is 299 g/mol. The van der Waals surface area contributed by atoms with Crippen LogP contribution < -0.4 is 5.73 Å². The van der Waals surface area contributed by atoms with Gasteiger partial charge in [-0.3, -0.25) is 0 Å². The van der Waals surface area contributed by atoms with E-state index in [4.69, 9.17) is 10.5 Å². The van der Waals surface area contributed by atoms with E-state index in [9.17, 15) is 0 Å². The Morgan fingerprint density at radius 1 is 1.41 bits per heavy atom. The zero-order valence-electron chi connectivity index (χ0n) is 10.7. The van der Waals surface area contributed by atoms with Crippen LogP contribution in [0.2, 0.25) is 0 Å². The Morgan fingerprint density at radius 2 is 2.18 bits per heavy atom. The van der Waals surface area contributed by atoms with Crippen molar-refractivity contribution in [3.63, 3.8) is 0 Å². The van der Waals surface area contributed by atoms with Crippen molar-refractivity contribution in [3.05, 3.63) is 34.3 Å². The highest BCUT2D eigenvalue weighted by Gasteiger charge is 2.12. The summed E-state index contributed by atoms with van der Waals surface area (Å²) in [6.45, 7) is 5.72. The van der Waals surface area contributed by atoms with Crippen molar-refractivity contribution < 1.29 is 4.74 Å². The van der Waals surface area contributed by atoms with Gasteiger partial charge in [-0.1, -0.05) is 48.3 Å². The van der Waals surface area contributed by atoms with Gasteiger partial charge in [0.25, 0.3) is 0 Å². The van der Waals surface area contributed by atoms with Gasteiger partial charge >= 0.3 is 0 Å². The van der Waals surface area contributed by atoms with E-state index in [1.165, 1.54) is 12.8 Å². The molecule has 0 bridgehead atoms. The van der Waals surface area contributed by atoms with Crippen molar-refractivity contribution >= 4 is 15.9 Å². The molecular formula is C14H22BrNO. The maximum atomic E-state index is 5.90. The summed E-state index contributed by atoms with van der Waals surface area (Å²) in [6.07, 6.45) is 2.41. The zero-order chi connectivity index (χ0) is 12.7. The first-order chi connectivity index (χ1) is 8.17. The predicted octanol–water partition coefficient (Wildman–Crippen LogP) is 3.90. The number of hydrogen-bond donors (Lipinski definition) is 1. The van der Waals surface area contributed by atoms with Crippen LogP contribution in [0.4, 0.5) is 0 Å². The van der Waals surface area contributed by atoms with Crippen LogP contribution >= 0.6 is 15.9 Å². The van der Waals surface area contributed by atoms with E-state index in [1.807, 2.05) is 12.1 Å². The summed E-state index contributed by atoms with van der Waals surface area (Å²) >= 11 is 3.47. The molecule has 0 fully saturated rings. The molecule has 1 rings (SSSR count). The van der Waals surface area contributed by atoms with Crippen LogP contribution in [-0.4, -0.2) is 13.2 Å². The average molecular weight is 300 g/mol. The number of benzene rings is 1. The minimum Gasteiger partial charge on any atom is -0.372 e. The van der Waals surface area contributed by atoms with Crippen LogP contribution in [0.25, 0.3) is 0 Å². The van der Waals surface area contributed by atoms with E-state index in [1.54, 1.807) is 0 Å². The molecular weight excluding hydrogens is 278 g/mol. The largest absolute Gasteiger partial charge is 0.372 e. The Balaban J connectivity index is 2.54. The van der Waals surface area contributed by atoms with Gasteiger partial charge < -0.3 is 10.5 Å². The summed E-state index contributed by atoms with van der Waals surface area (Å²) in [5.41, 5.74) is 6.92. The van der Waals surface area contributed by atoms with E-state index in [-0.39, 0.29) is 6.10 Å². The normalized spacial score (nSPS) is 14.6. The highest BCUT2D eigenvalue weighted by Crippen LogP contribution is 2.21. The number of nitrogens with two attached hydrogens (primary N) is 1. The van der Waals surface area contributed by atoms with Gasteiger partial charge in [-0.2, -0.15) is 0 Å². The van der Waals surface area contributed by atoms with E-state index < -0.39 is 0 Å². The van der Waals surface area contributed by atoms with Crippen molar-refractivity contribution in [3.8, 4) is 0 Å². The minimum atomic E-state index is 0.00630. The molecule has 3 heteroatoms. The lowest BCUT2D eigenvalue weighted by molar-refractivity contribution is 0.0351. The summed E-state index contributed by atoms with van der Waals surface area (Å²) in [7, 11) is 0. The molecule has 0 aliphatic carbocycles. The van der Waals surface area contributed by atoms with E-state index >= 15 is 0 Å². The Morgan fingerprint density at radius 3 is 2.76 bits per heavy atom. The van der Waals surface area contributed by atoms with Gasteiger partial charge in [0, 0.05) is 11.0 Å². The smallest absolute Gasteiger partial charge is 0.0947 e. The van der Waals surface area contributed by atoms with Gasteiger partial charge in [-0.25, -0.2) is 0 Å². The summed E-state index contributed by atoms with van der Waals surface area (Å²) in [4.78, 5) is 0. The molecule has 0 aliphatic rings. The van der Waals surface area contributed by atoms with Gasteiger partial charge in [0.1, 0.15) is 0 Å². The molecule has 0 amide bonds. The second kappa shape index (κ2) is 7.85. The quantitative estimate of drug-likeness (QED) is 0.829. The van der Waals surface area contributed by atoms with Crippen LogP contribution in [0.1, 0.15) is 38.4 Å². The Bertz CT molecular complexity index is 330. The molecule has 17 heavy (non-hydrogen) atoms. The number of ether oxygens (including phenoxy) is 1. The molecule has 2 unspecified atom stereocenters. The topological polar surface area (TPSA) is 35.2 Å². The average Bonchev–Trinajstić information content (AvgIpc) is 2.30. The van der Waals surface area contributed by atoms with Gasteiger partial charge in [-0.15, -0.1) is 0 Å². The SMILES string of the molecule is CCCC(C)COC(CN)c1cccc(Br)c1. The van der Waals surface area contributed by atoms with E-state index in [2.05, 4.69) is 41.9 Å². The zero-order valence-corrected chi connectivity index (χ0v) is 12.2. The van der Waals surface area contributed by atoms with E-state index in [0.29, 0.717) is 12.5 Å². The molecule has 0 heterocycles. The third-order valence-corrected chi connectivity index (χ3v) is 3.29. The lowest BCUT2D eigenvalue weighted by atomic mass is 10.1. The van der Waals surface area contributed by atoms with Crippen LogP contribution in [0, 0.1) is 5.92 Å². The highest BCUT2D eigenvalue weighted by molar-refractivity contribution is 9.10. The van der Waals surface area contributed by atoms with Gasteiger partial charge in [-0.05, 0) is 30.0 Å². The van der Waals surface area contributed by atoms with Crippen molar-refractivity contribution in [1.29, 1.82) is 0 Å². The lowest BCUT2D eigenvalue weighted by Gasteiger charge is -2.19. The first-order valence-electron chi connectivity index (χ1n) is 6.24. The third-order valence-electron chi connectivity index (χ3n) is 2.80. The molecule has 2 nitrogen and oxygen atoms in total. The maximum Gasteiger partial charge on any atom is 0.0947 e. The van der Waals surface area contributed by atoms with Crippen molar-refractivity contribution in [2.24, 2.45) is 11.7 Å². The molecule has 96 valence electrons. The summed E-state index contributed by atoms with van der Waals surface area (Å²) < 4.78 is 6.97. The highest BCUT2D eigenvalue weighted by atomic mass is 79.9. The number of rotatable bonds is 7. The fourth-order valence-corrected chi connectivity index (χ4v) is 2.28. The maximum absolute atomic E-state index is 5.90. The number of hydrogen-bond acceptors (Lipinski definition) is 2. The molecule has 2 atom stereocenters. The first kappa shape index (κ1) is 14.7. The minimum absolute atomic E-state index is 0.00630. The van der Waals surface area contributed by atoms with Gasteiger partial charge in [0.2, 0.25) is 0 Å². The standard InChI is InChI=1S/C14H22BrNO/c1-3-5-11(2)10-17-14(9-16)12-6-4-7-13(15)8-12/h4,6-8,11,14H,3,5,9-10,16H2,1-2H3. The Labute approximate surface area is 113 Å². The van der Waals surface area contributed by atoms with Gasteiger partial charge in [0.15, 0.2) is 0 Å². The van der Waals surface area contributed by atoms with E-state index in [0.717, 1.165) is 16.6 Å². The Kier molecular flexibility index (Phi) is 6.78. The summed E-state index contributed by atoms with van der Waals surface area (Å²) in [6, 6.07) is 8.16. The number of halogens is 1. The fraction of sp³-hybridized carbons (Fsp3) is 0.571. The Hall–Kier alpha value is -0.380. The lowest BCUT2D eigenvalue weighted by Crippen LogP contribution is -2.18. The van der Waals surface area contributed by atoms with Crippen LogP contribution in [0.5, 0.6) is 0 Å². The molecule has 0 spiro atoms. The summed E-state index contributed by atoms with van der Waals surface area (Å²) in [5, 5.41) is 0. The molecule has 1 aromatic rings. The second-order valence-corrected chi connectivity index (χ2v) is 5.42. The molecule has 1 aromatic carbocycles. The third kappa shape index (κ3) is 5.19. The fourth-order valence-electron chi connectivity index (χ4n) is 1.86. The molecule has 2 N–H and O–H groups in total. The molecule has 0 radical (unpaired) electrons. The molecule has 0 aliphatic heterocycles. The van der Waals surface area contributed by atoms with Crippen molar-refractivity contribution in [1.82, 2.24) is 0 Å². The summed E-state index contributed by atoms with van der Waals surface area (Å²) in [5.74, 6) is 0.598. The van der Waals surface area contributed by atoms with Gasteiger partial charge in [0.05, 0.1) is 12.7 Å². The molecule has 0 saturated heterocycles. The molecule has 0 aromatic heterocycles. The van der Waals surface area contributed by atoms with Crippen molar-refractivity contribution in [2.75, 3.05) is 13.2 Å². The molecule has 0 saturated carbocycles. The first-order valence-corrected chi connectivity index (χ1v) is 7.03. The van der Waals surface area contributed by atoms with Crippen molar-refractivity contribution in [2.45, 2.75) is 32.8 Å². The second-order valence-electron chi connectivity index (χ2n) is 4.51. The van der Waals surface area contributed by atoms with Crippen LogP contribution in [-0.2, 0) is 4.74 Å². The predicted molar refractivity (Wildman–Crippen MR) is 76.0 cm³/mol. The van der Waals surface area contributed by atoms with Crippen LogP contribution in [0.3, 0.4) is 0 Å².